The molecule has 2 amide bonds. The smallest absolute Gasteiger partial charge is 0.225 e. The van der Waals surface area contributed by atoms with Gasteiger partial charge in [-0.2, -0.15) is 0 Å². The largest absolute Gasteiger partial charge is 0.353 e. The fourth-order valence-electron chi connectivity index (χ4n) is 3.58. The Morgan fingerprint density at radius 3 is 2.59 bits per heavy atom. The van der Waals surface area contributed by atoms with E-state index in [0.717, 1.165) is 18.4 Å². The minimum atomic E-state index is -0.195. The topological polar surface area (TPSA) is 49.4 Å². The molecule has 1 aliphatic carbocycles. The highest BCUT2D eigenvalue weighted by molar-refractivity contribution is 5.89. The maximum atomic E-state index is 12.4. The van der Waals surface area contributed by atoms with Gasteiger partial charge in [-0.05, 0) is 25.3 Å². The second-order valence-corrected chi connectivity index (χ2v) is 6.52. The lowest BCUT2D eigenvalue weighted by atomic mass is 10.1. The molecule has 1 aromatic rings. The molecule has 2 aliphatic rings. The van der Waals surface area contributed by atoms with E-state index in [2.05, 4.69) is 5.32 Å². The van der Waals surface area contributed by atoms with Crippen molar-refractivity contribution in [2.45, 2.75) is 51.1 Å². The van der Waals surface area contributed by atoms with Gasteiger partial charge in [0.2, 0.25) is 11.8 Å². The van der Waals surface area contributed by atoms with E-state index in [9.17, 15) is 9.59 Å². The van der Waals surface area contributed by atoms with Gasteiger partial charge in [0.15, 0.2) is 0 Å². The summed E-state index contributed by atoms with van der Waals surface area (Å²) in [5.74, 6) is -0.0507. The number of nitrogens with zero attached hydrogens (tertiary/aromatic N) is 1. The number of likely N-dealkylation sites (tertiary alicyclic amines) is 1. The molecule has 0 unspecified atom stereocenters. The number of carbonyl (C=O) groups is 2. The zero-order chi connectivity index (χ0) is 15.5. The molecular weight excluding hydrogens is 276 g/mol. The highest BCUT2D eigenvalue weighted by Crippen LogP contribution is 2.29. The Labute approximate surface area is 131 Å². The average molecular weight is 300 g/mol. The molecule has 2 atom stereocenters. The fourth-order valence-corrected chi connectivity index (χ4v) is 3.58. The van der Waals surface area contributed by atoms with Gasteiger partial charge in [-0.3, -0.25) is 9.59 Å². The van der Waals surface area contributed by atoms with E-state index in [1.54, 1.807) is 0 Å². The summed E-state index contributed by atoms with van der Waals surface area (Å²) in [6.45, 7) is 2.57. The van der Waals surface area contributed by atoms with Crippen LogP contribution in [0, 0.1) is 5.92 Å². The molecule has 4 heteroatoms. The summed E-state index contributed by atoms with van der Waals surface area (Å²) in [5.41, 5.74) is 1.12. The van der Waals surface area contributed by atoms with Crippen molar-refractivity contribution in [2.24, 2.45) is 5.92 Å². The van der Waals surface area contributed by atoms with E-state index in [0.29, 0.717) is 19.0 Å². The first kappa shape index (κ1) is 15.1. The van der Waals surface area contributed by atoms with Crippen LogP contribution in [0.2, 0.25) is 0 Å². The van der Waals surface area contributed by atoms with Crippen LogP contribution in [-0.2, 0) is 9.59 Å². The number of hydrogen-bond acceptors (Lipinski definition) is 2. The monoisotopic (exact) mass is 300 g/mol. The minimum absolute atomic E-state index is 0.0259. The van der Waals surface area contributed by atoms with Crippen molar-refractivity contribution in [3.05, 3.63) is 35.9 Å². The van der Waals surface area contributed by atoms with Crippen molar-refractivity contribution in [3.63, 3.8) is 0 Å². The van der Waals surface area contributed by atoms with Crippen LogP contribution < -0.4 is 5.32 Å². The van der Waals surface area contributed by atoms with Gasteiger partial charge >= 0.3 is 0 Å². The Balaban J connectivity index is 1.61. The lowest BCUT2D eigenvalue weighted by molar-refractivity contribution is -0.130. The van der Waals surface area contributed by atoms with Gasteiger partial charge in [0.05, 0.1) is 12.0 Å². The van der Waals surface area contributed by atoms with Gasteiger partial charge in [0.25, 0.3) is 0 Å². The van der Waals surface area contributed by atoms with E-state index >= 15 is 0 Å². The van der Waals surface area contributed by atoms with Gasteiger partial charge in [0, 0.05) is 19.0 Å². The molecule has 2 fully saturated rings. The molecule has 1 N–H and O–H groups in total. The molecule has 1 saturated carbocycles. The Hall–Kier alpha value is -1.84. The quantitative estimate of drug-likeness (QED) is 0.929. The van der Waals surface area contributed by atoms with Gasteiger partial charge in [-0.1, -0.05) is 43.2 Å². The first-order valence-electron chi connectivity index (χ1n) is 8.30. The molecule has 118 valence electrons. The lowest BCUT2D eigenvalue weighted by Gasteiger charge is -2.25. The van der Waals surface area contributed by atoms with Crippen molar-refractivity contribution in [3.8, 4) is 0 Å². The summed E-state index contributed by atoms with van der Waals surface area (Å²) in [6.07, 6.45) is 4.90. The van der Waals surface area contributed by atoms with E-state index in [4.69, 9.17) is 0 Å². The molecule has 22 heavy (non-hydrogen) atoms. The van der Waals surface area contributed by atoms with Gasteiger partial charge in [-0.15, -0.1) is 0 Å². The van der Waals surface area contributed by atoms with Crippen LogP contribution in [0.15, 0.2) is 30.3 Å². The molecule has 1 heterocycles. The highest BCUT2D eigenvalue weighted by atomic mass is 16.2. The third-order valence-corrected chi connectivity index (χ3v) is 4.98. The van der Waals surface area contributed by atoms with Crippen LogP contribution in [0.4, 0.5) is 0 Å². The molecule has 0 spiro atoms. The van der Waals surface area contributed by atoms with E-state index < -0.39 is 0 Å². The molecule has 1 aliphatic heterocycles. The molecule has 1 aromatic carbocycles. The second-order valence-electron chi connectivity index (χ2n) is 6.52. The van der Waals surface area contributed by atoms with Gasteiger partial charge in [0.1, 0.15) is 0 Å². The Morgan fingerprint density at radius 2 is 1.91 bits per heavy atom. The number of carbonyl (C=O) groups excluding carboxylic acids is 2. The summed E-state index contributed by atoms with van der Waals surface area (Å²) in [5, 5.41) is 3.12. The van der Waals surface area contributed by atoms with Crippen LogP contribution in [-0.4, -0.2) is 29.3 Å². The SMILES string of the molecule is C[C@@H](c1ccccc1)N1C[C@@H](C(=O)NC2CCCC2)CC1=O. The van der Waals surface area contributed by atoms with Crippen LogP contribution in [0.25, 0.3) is 0 Å². The summed E-state index contributed by atoms with van der Waals surface area (Å²) < 4.78 is 0. The van der Waals surface area contributed by atoms with Crippen LogP contribution in [0.5, 0.6) is 0 Å². The highest BCUT2D eigenvalue weighted by Gasteiger charge is 2.37. The predicted octanol–water partition coefficient (Wildman–Crippen LogP) is 2.65. The summed E-state index contributed by atoms with van der Waals surface area (Å²) >= 11 is 0. The van der Waals surface area contributed by atoms with E-state index in [1.807, 2.05) is 42.2 Å². The van der Waals surface area contributed by atoms with Crippen LogP contribution in [0.1, 0.15) is 50.6 Å². The predicted molar refractivity (Wildman–Crippen MR) is 85.1 cm³/mol. The zero-order valence-corrected chi connectivity index (χ0v) is 13.1. The number of nitrogens with one attached hydrogen (secondary N) is 1. The zero-order valence-electron chi connectivity index (χ0n) is 13.1. The molecule has 0 aromatic heterocycles. The van der Waals surface area contributed by atoms with Crippen molar-refractivity contribution < 1.29 is 9.59 Å². The van der Waals surface area contributed by atoms with Crippen LogP contribution in [0.3, 0.4) is 0 Å². The summed E-state index contributed by atoms with van der Waals surface area (Å²) in [7, 11) is 0. The third-order valence-electron chi connectivity index (χ3n) is 4.98. The number of amides is 2. The molecule has 3 rings (SSSR count). The molecule has 0 bridgehead atoms. The lowest BCUT2D eigenvalue weighted by Crippen LogP contribution is -2.38. The Kier molecular flexibility index (Phi) is 4.46. The fraction of sp³-hybridized carbons (Fsp3) is 0.556. The summed E-state index contributed by atoms with van der Waals surface area (Å²) in [4.78, 5) is 26.5. The molecule has 0 radical (unpaired) electrons. The average Bonchev–Trinajstić information content (AvgIpc) is 3.17. The Bertz CT molecular complexity index is 537. The first-order valence-corrected chi connectivity index (χ1v) is 8.30. The normalized spacial score (nSPS) is 23.8. The second kappa shape index (κ2) is 6.51. The van der Waals surface area contributed by atoms with Crippen molar-refractivity contribution in [2.75, 3.05) is 6.54 Å². The van der Waals surface area contributed by atoms with Gasteiger partial charge < -0.3 is 10.2 Å². The maximum absolute atomic E-state index is 12.4. The number of benzene rings is 1. The van der Waals surface area contributed by atoms with E-state index in [1.165, 1.54) is 12.8 Å². The number of rotatable bonds is 4. The number of hydrogen-bond donors (Lipinski definition) is 1. The van der Waals surface area contributed by atoms with Crippen molar-refractivity contribution in [1.29, 1.82) is 0 Å². The maximum Gasteiger partial charge on any atom is 0.225 e. The van der Waals surface area contributed by atoms with Crippen molar-refractivity contribution in [1.82, 2.24) is 10.2 Å². The van der Waals surface area contributed by atoms with Crippen LogP contribution >= 0.6 is 0 Å². The molecule has 4 nitrogen and oxygen atoms in total. The standard InChI is InChI=1S/C18H24N2O2/c1-13(14-7-3-2-4-8-14)20-12-15(11-17(20)21)18(22)19-16-9-5-6-10-16/h2-4,7-8,13,15-16H,5-6,9-12H2,1H3,(H,19,22)/t13-,15-/m0/s1. The first-order chi connectivity index (χ1) is 10.6. The molecular formula is C18H24N2O2. The van der Waals surface area contributed by atoms with Gasteiger partial charge in [-0.25, -0.2) is 0 Å². The minimum Gasteiger partial charge on any atom is -0.353 e. The third kappa shape index (κ3) is 3.16. The Morgan fingerprint density at radius 1 is 1.23 bits per heavy atom. The molecule has 1 saturated heterocycles. The van der Waals surface area contributed by atoms with E-state index in [-0.39, 0.29) is 23.8 Å². The van der Waals surface area contributed by atoms with Crippen molar-refractivity contribution >= 4 is 11.8 Å². The summed E-state index contributed by atoms with van der Waals surface area (Å²) in [6, 6.07) is 10.3.